The van der Waals surface area contributed by atoms with Crippen LogP contribution in [0.2, 0.25) is 0 Å². The summed E-state index contributed by atoms with van der Waals surface area (Å²) in [4.78, 5) is 22.5. The Hall–Kier alpha value is -1.95. The molecule has 0 saturated carbocycles. The van der Waals surface area contributed by atoms with Gasteiger partial charge in [-0.05, 0) is 24.1 Å². The van der Waals surface area contributed by atoms with Crippen LogP contribution in [0.3, 0.4) is 0 Å². The molecule has 0 saturated heterocycles. The highest BCUT2D eigenvalue weighted by atomic mass is 32.1. The molecule has 0 fully saturated rings. The monoisotopic (exact) mass is 280 g/mol. The lowest BCUT2D eigenvalue weighted by atomic mass is 10.1. The van der Waals surface area contributed by atoms with Crippen molar-refractivity contribution < 1.29 is 14.7 Å². The van der Waals surface area contributed by atoms with Crippen LogP contribution >= 0.6 is 12.2 Å². The van der Waals surface area contributed by atoms with Gasteiger partial charge in [-0.1, -0.05) is 24.4 Å². The number of carbonyl (C=O) groups excluding carboxylic acids is 1. The summed E-state index contributed by atoms with van der Waals surface area (Å²) in [6, 6.07) is 7.03. The molecule has 4 N–H and O–H groups in total. The van der Waals surface area contributed by atoms with Crippen molar-refractivity contribution in [1.29, 1.82) is 0 Å². The van der Waals surface area contributed by atoms with Crippen molar-refractivity contribution in [2.24, 2.45) is 5.73 Å². The van der Waals surface area contributed by atoms with Gasteiger partial charge in [-0.25, -0.2) is 0 Å². The minimum absolute atomic E-state index is 0.0434. The Bertz CT molecular complexity index is 489. The molecule has 0 spiro atoms. The number of nitrogens with two attached hydrogens (primary N) is 1. The summed E-state index contributed by atoms with van der Waals surface area (Å²) < 4.78 is 0. The number of carboxylic acids is 1. The van der Waals surface area contributed by atoms with E-state index in [0.29, 0.717) is 29.9 Å². The number of rotatable bonds is 7. The van der Waals surface area contributed by atoms with Crippen molar-refractivity contribution in [1.82, 2.24) is 5.32 Å². The fourth-order valence-corrected chi connectivity index (χ4v) is 1.73. The highest BCUT2D eigenvalue weighted by Gasteiger charge is 2.06. The number of hydrogen-bond donors (Lipinski definition) is 3. The fraction of sp³-hybridized carbons (Fsp3) is 0.308. The lowest BCUT2D eigenvalue weighted by Crippen LogP contribution is -2.25. The van der Waals surface area contributed by atoms with E-state index >= 15 is 0 Å². The topological polar surface area (TPSA) is 92.4 Å². The van der Waals surface area contributed by atoms with Gasteiger partial charge >= 0.3 is 5.97 Å². The lowest BCUT2D eigenvalue weighted by molar-refractivity contribution is -0.137. The summed E-state index contributed by atoms with van der Waals surface area (Å²) in [5, 5.41) is 11.1. The van der Waals surface area contributed by atoms with Crippen LogP contribution in [0.4, 0.5) is 0 Å². The summed E-state index contributed by atoms with van der Waals surface area (Å²) in [5.74, 6) is -1.09. The average Bonchev–Trinajstić information content (AvgIpc) is 2.33. The van der Waals surface area contributed by atoms with E-state index in [9.17, 15) is 9.59 Å². The number of thiocarbonyl (C=S) groups is 1. The van der Waals surface area contributed by atoms with Crippen LogP contribution in [-0.2, 0) is 11.2 Å². The lowest BCUT2D eigenvalue weighted by Gasteiger charge is -2.06. The van der Waals surface area contributed by atoms with Crippen molar-refractivity contribution in [3.8, 4) is 0 Å². The van der Waals surface area contributed by atoms with Crippen molar-refractivity contribution in [3.63, 3.8) is 0 Å². The van der Waals surface area contributed by atoms with E-state index in [1.807, 2.05) is 6.07 Å². The van der Waals surface area contributed by atoms with Crippen molar-refractivity contribution in [3.05, 3.63) is 35.4 Å². The maximum Gasteiger partial charge on any atom is 0.303 e. The third-order valence-corrected chi connectivity index (χ3v) is 2.56. The van der Waals surface area contributed by atoms with E-state index in [0.717, 1.165) is 5.56 Å². The first kappa shape index (κ1) is 15.1. The van der Waals surface area contributed by atoms with Crippen LogP contribution in [-0.4, -0.2) is 28.5 Å². The van der Waals surface area contributed by atoms with Crippen LogP contribution in [0, 0.1) is 0 Å². The zero-order valence-electron chi connectivity index (χ0n) is 10.4. The molecule has 0 bridgehead atoms. The summed E-state index contributed by atoms with van der Waals surface area (Å²) in [7, 11) is 0. The molecule has 1 amide bonds. The van der Waals surface area contributed by atoms with E-state index < -0.39 is 5.97 Å². The maximum atomic E-state index is 11.8. The highest BCUT2D eigenvalue weighted by molar-refractivity contribution is 7.80. The third-order valence-electron chi connectivity index (χ3n) is 2.42. The third kappa shape index (κ3) is 5.96. The van der Waals surface area contributed by atoms with E-state index in [-0.39, 0.29) is 12.3 Å². The predicted octanol–water partition coefficient (Wildman–Crippen LogP) is 1.11. The standard InChI is InChI=1S/C13H16N2O3S/c14-11(19)8-9-3-1-4-10(7-9)13(18)15-6-2-5-12(16)17/h1,3-4,7H,2,5-6,8H2,(H2,14,19)(H,15,18)(H,16,17). The number of aliphatic carboxylic acids is 1. The van der Waals surface area contributed by atoms with E-state index in [2.05, 4.69) is 5.32 Å². The quantitative estimate of drug-likeness (QED) is 0.514. The Kier molecular flexibility index (Phi) is 5.95. The molecule has 0 aromatic heterocycles. The Labute approximate surface area is 116 Å². The van der Waals surface area contributed by atoms with Crippen LogP contribution in [0.5, 0.6) is 0 Å². The van der Waals surface area contributed by atoms with E-state index in [1.165, 1.54) is 0 Å². The number of carboxylic acid groups (broad SMARTS) is 1. The average molecular weight is 280 g/mol. The molecule has 5 nitrogen and oxygen atoms in total. The molecule has 0 radical (unpaired) electrons. The highest BCUT2D eigenvalue weighted by Crippen LogP contribution is 2.06. The molecule has 19 heavy (non-hydrogen) atoms. The van der Waals surface area contributed by atoms with Gasteiger partial charge in [-0.2, -0.15) is 0 Å². The first-order chi connectivity index (χ1) is 8.99. The zero-order valence-corrected chi connectivity index (χ0v) is 11.2. The molecular weight excluding hydrogens is 264 g/mol. The molecule has 6 heteroatoms. The molecule has 0 aliphatic rings. The van der Waals surface area contributed by atoms with Gasteiger partial charge in [0.2, 0.25) is 0 Å². The summed E-state index contributed by atoms with van der Waals surface area (Å²) >= 11 is 4.82. The van der Waals surface area contributed by atoms with Gasteiger partial charge in [0.05, 0.1) is 4.99 Å². The van der Waals surface area contributed by atoms with Crippen LogP contribution in [0.25, 0.3) is 0 Å². The molecule has 1 aromatic carbocycles. The van der Waals surface area contributed by atoms with Gasteiger partial charge in [0.1, 0.15) is 0 Å². The molecule has 1 aromatic rings. The van der Waals surface area contributed by atoms with Gasteiger partial charge in [0, 0.05) is 24.9 Å². The number of nitrogens with one attached hydrogen (secondary N) is 1. The normalized spacial score (nSPS) is 9.89. The smallest absolute Gasteiger partial charge is 0.303 e. The van der Waals surface area contributed by atoms with Gasteiger partial charge < -0.3 is 16.2 Å². The van der Waals surface area contributed by atoms with Gasteiger partial charge in [0.25, 0.3) is 5.91 Å². The summed E-state index contributed by atoms with van der Waals surface area (Å²) in [6.07, 6.45) is 0.908. The van der Waals surface area contributed by atoms with Crippen LogP contribution < -0.4 is 11.1 Å². The van der Waals surface area contributed by atoms with E-state index in [4.69, 9.17) is 23.1 Å². The largest absolute Gasteiger partial charge is 0.481 e. The molecule has 0 unspecified atom stereocenters. The molecule has 102 valence electrons. The second-order valence-corrected chi connectivity index (χ2v) is 4.62. The molecule has 1 rings (SSSR count). The van der Waals surface area contributed by atoms with E-state index in [1.54, 1.807) is 18.2 Å². The van der Waals surface area contributed by atoms with Crippen molar-refractivity contribution >= 4 is 29.1 Å². The predicted molar refractivity (Wildman–Crippen MR) is 76.1 cm³/mol. The number of carbonyl (C=O) groups is 2. The Morgan fingerprint density at radius 1 is 1.37 bits per heavy atom. The molecule has 0 aliphatic carbocycles. The van der Waals surface area contributed by atoms with Gasteiger partial charge in [0.15, 0.2) is 0 Å². The minimum atomic E-state index is -0.868. The summed E-state index contributed by atoms with van der Waals surface area (Å²) in [6.45, 7) is 0.338. The number of amides is 1. The van der Waals surface area contributed by atoms with Crippen molar-refractivity contribution in [2.45, 2.75) is 19.3 Å². The molecule has 0 aliphatic heterocycles. The Morgan fingerprint density at radius 2 is 2.11 bits per heavy atom. The minimum Gasteiger partial charge on any atom is -0.481 e. The Morgan fingerprint density at radius 3 is 2.74 bits per heavy atom. The Balaban J connectivity index is 2.52. The van der Waals surface area contributed by atoms with Gasteiger partial charge in [-0.3, -0.25) is 9.59 Å². The second kappa shape index (κ2) is 7.48. The zero-order chi connectivity index (χ0) is 14.3. The first-order valence-electron chi connectivity index (χ1n) is 5.86. The summed E-state index contributed by atoms with van der Waals surface area (Å²) in [5.41, 5.74) is 6.85. The van der Waals surface area contributed by atoms with Crippen molar-refractivity contribution in [2.75, 3.05) is 6.54 Å². The number of hydrogen-bond acceptors (Lipinski definition) is 3. The van der Waals surface area contributed by atoms with Gasteiger partial charge in [-0.15, -0.1) is 0 Å². The second-order valence-electron chi connectivity index (χ2n) is 4.10. The number of benzene rings is 1. The molecule has 0 atom stereocenters. The SMILES string of the molecule is NC(=S)Cc1cccc(C(=O)NCCCC(=O)O)c1. The first-order valence-corrected chi connectivity index (χ1v) is 6.27. The van der Waals surface area contributed by atoms with Crippen LogP contribution in [0.15, 0.2) is 24.3 Å². The molecular formula is C13H16N2O3S. The fourth-order valence-electron chi connectivity index (χ4n) is 1.57. The van der Waals surface area contributed by atoms with Crippen LogP contribution in [0.1, 0.15) is 28.8 Å². The molecule has 0 heterocycles. The maximum absolute atomic E-state index is 11.8.